The molecule has 0 aromatic heterocycles. The van der Waals surface area contributed by atoms with Crippen LogP contribution in [-0.2, 0) is 0 Å². The Kier molecular flexibility index (Phi) is 3.31. The van der Waals surface area contributed by atoms with Gasteiger partial charge in [0.05, 0.1) is 0 Å². The van der Waals surface area contributed by atoms with Gasteiger partial charge in [0.2, 0.25) is 0 Å². The Bertz CT molecular complexity index is 707. The summed E-state index contributed by atoms with van der Waals surface area (Å²) in [6, 6.07) is 22.2. The van der Waals surface area contributed by atoms with Gasteiger partial charge in [-0.3, -0.25) is 0 Å². The van der Waals surface area contributed by atoms with Crippen molar-refractivity contribution in [3.8, 4) is 22.3 Å². The van der Waals surface area contributed by atoms with Crippen molar-refractivity contribution in [2.24, 2.45) is 0 Å². The van der Waals surface area contributed by atoms with Gasteiger partial charge in [0.15, 0.2) is 0 Å². The largest absolute Gasteiger partial charge is 0.0614 e. The Balaban J connectivity index is 2.14. The highest BCUT2D eigenvalue weighted by Crippen LogP contribution is 2.36. The minimum atomic E-state index is 0.558. The number of rotatable bonds is 2. The lowest BCUT2D eigenvalue weighted by Crippen LogP contribution is -1.83. The van der Waals surface area contributed by atoms with Gasteiger partial charge in [-0.1, -0.05) is 80.1 Å². The predicted octanol–water partition coefficient (Wildman–Crippen LogP) is 5.89. The van der Waals surface area contributed by atoms with Crippen LogP contribution in [0.5, 0.6) is 0 Å². The summed E-state index contributed by atoms with van der Waals surface area (Å²) in [5.41, 5.74) is 7.99. The van der Waals surface area contributed by atoms with Gasteiger partial charge in [-0.2, -0.15) is 0 Å². The van der Waals surface area contributed by atoms with E-state index in [-0.39, 0.29) is 0 Å². The fourth-order valence-electron chi connectivity index (χ4n) is 2.73. The minimum absolute atomic E-state index is 0.558. The van der Waals surface area contributed by atoms with Crippen LogP contribution >= 0.6 is 0 Å². The van der Waals surface area contributed by atoms with E-state index in [1.165, 1.54) is 33.4 Å². The molecule has 0 saturated carbocycles. The van der Waals surface area contributed by atoms with E-state index in [2.05, 4.69) is 81.4 Å². The monoisotopic (exact) mass is 260 g/mol. The van der Waals surface area contributed by atoms with Gasteiger partial charge < -0.3 is 0 Å². The zero-order valence-electron chi connectivity index (χ0n) is 12.4. The highest BCUT2D eigenvalue weighted by atomic mass is 14.1. The molecule has 0 saturated heterocycles. The lowest BCUT2D eigenvalue weighted by atomic mass is 10.00. The first-order valence-electron chi connectivity index (χ1n) is 7.25. The van der Waals surface area contributed by atoms with Crippen molar-refractivity contribution in [2.45, 2.75) is 26.7 Å². The van der Waals surface area contributed by atoms with Crippen LogP contribution in [0.3, 0.4) is 0 Å². The molecule has 0 spiro atoms. The van der Waals surface area contributed by atoms with Gasteiger partial charge in [-0.25, -0.2) is 0 Å². The molecule has 1 aromatic carbocycles. The lowest BCUT2D eigenvalue weighted by Gasteiger charge is -2.04. The molecule has 20 heavy (non-hydrogen) atoms. The summed E-state index contributed by atoms with van der Waals surface area (Å²) in [6.45, 7) is 6.63. The molecule has 0 N–H and O–H groups in total. The molecule has 0 heterocycles. The second kappa shape index (κ2) is 5.13. The quantitative estimate of drug-likeness (QED) is 0.539. The number of hydrogen-bond donors (Lipinski definition) is 0. The number of aryl methyl sites for hydroxylation is 1. The van der Waals surface area contributed by atoms with Crippen LogP contribution in [-0.4, -0.2) is 0 Å². The van der Waals surface area contributed by atoms with Gasteiger partial charge in [-0.05, 0) is 40.7 Å². The van der Waals surface area contributed by atoms with E-state index in [0.717, 1.165) is 0 Å². The highest BCUT2D eigenvalue weighted by Gasteiger charge is 2.11. The molecule has 3 rings (SSSR count). The molecule has 0 atom stereocenters. The third-order valence-corrected chi connectivity index (χ3v) is 3.90. The van der Waals surface area contributed by atoms with Crippen LogP contribution in [0, 0.1) is 6.92 Å². The zero-order chi connectivity index (χ0) is 14.1. The van der Waals surface area contributed by atoms with Crippen LogP contribution in [0.15, 0.2) is 60.7 Å². The second-order valence-electron chi connectivity index (χ2n) is 5.81. The van der Waals surface area contributed by atoms with Crippen molar-refractivity contribution in [1.82, 2.24) is 0 Å². The minimum Gasteiger partial charge on any atom is -0.0614 e. The molecule has 0 radical (unpaired) electrons. The normalized spacial score (nSPS) is 11.2. The molecule has 2 aliphatic rings. The summed E-state index contributed by atoms with van der Waals surface area (Å²) in [5, 5.41) is 0. The van der Waals surface area contributed by atoms with E-state index in [9.17, 15) is 0 Å². The third kappa shape index (κ3) is 2.34. The Labute approximate surface area is 121 Å². The molecule has 0 bridgehead atoms. The Hall–Kier alpha value is -2.08. The summed E-state index contributed by atoms with van der Waals surface area (Å²) >= 11 is 0. The first-order valence-corrected chi connectivity index (χ1v) is 7.25. The average Bonchev–Trinajstić information content (AvgIpc) is 2.68. The van der Waals surface area contributed by atoms with E-state index in [1.807, 2.05) is 0 Å². The van der Waals surface area contributed by atoms with E-state index < -0.39 is 0 Å². The third-order valence-electron chi connectivity index (χ3n) is 3.90. The van der Waals surface area contributed by atoms with E-state index in [0.29, 0.717) is 5.92 Å². The Morgan fingerprint density at radius 3 is 2.15 bits per heavy atom. The van der Waals surface area contributed by atoms with Gasteiger partial charge in [0.25, 0.3) is 0 Å². The lowest BCUT2D eigenvalue weighted by molar-refractivity contribution is 0.869. The van der Waals surface area contributed by atoms with Crippen molar-refractivity contribution in [1.29, 1.82) is 0 Å². The first-order chi connectivity index (χ1) is 9.65. The van der Waals surface area contributed by atoms with Crippen LogP contribution in [0.2, 0.25) is 0 Å². The molecule has 2 aliphatic carbocycles. The standard InChI is InChI=1S/C20H20/c1-14(2)16-7-5-9-19-18(13-16)10-11-20(19)17-8-4-6-15(3)12-17/h4-14H,1-3H3. The molecular weight excluding hydrogens is 240 g/mol. The summed E-state index contributed by atoms with van der Waals surface area (Å²) in [5.74, 6) is 0.558. The van der Waals surface area contributed by atoms with E-state index in [1.54, 1.807) is 0 Å². The summed E-state index contributed by atoms with van der Waals surface area (Å²) in [7, 11) is 0. The topological polar surface area (TPSA) is 0 Å². The van der Waals surface area contributed by atoms with Gasteiger partial charge in [0.1, 0.15) is 0 Å². The highest BCUT2D eigenvalue weighted by molar-refractivity contribution is 5.86. The van der Waals surface area contributed by atoms with Gasteiger partial charge >= 0.3 is 0 Å². The van der Waals surface area contributed by atoms with Crippen molar-refractivity contribution < 1.29 is 0 Å². The number of hydrogen-bond acceptors (Lipinski definition) is 0. The van der Waals surface area contributed by atoms with Crippen molar-refractivity contribution in [3.63, 3.8) is 0 Å². The second-order valence-corrected chi connectivity index (χ2v) is 5.81. The fraction of sp³-hybridized carbons (Fsp3) is 0.200. The fourth-order valence-corrected chi connectivity index (χ4v) is 2.73. The van der Waals surface area contributed by atoms with Crippen LogP contribution in [0.1, 0.15) is 30.9 Å². The SMILES string of the molecule is Cc1cccc(-c2ccc3cc(C(C)C)cccc2-3)c1. The molecule has 0 heteroatoms. The maximum atomic E-state index is 2.32. The van der Waals surface area contributed by atoms with Crippen LogP contribution in [0.4, 0.5) is 0 Å². The number of benzene rings is 1. The van der Waals surface area contributed by atoms with Crippen LogP contribution < -0.4 is 0 Å². The maximum Gasteiger partial charge on any atom is -0.0105 e. The van der Waals surface area contributed by atoms with Crippen molar-refractivity contribution >= 4 is 0 Å². The summed E-state index contributed by atoms with van der Waals surface area (Å²) < 4.78 is 0. The van der Waals surface area contributed by atoms with Gasteiger partial charge in [0, 0.05) is 0 Å². The van der Waals surface area contributed by atoms with Gasteiger partial charge in [-0.15, -0.1) is 0 Å². The average molecular weight is 260 g/mol. The number of fused-ring (bicyclic) bond motifs is 1. The molecule has 100 valence electrons. The van der Waals surface area contributed by atoms with Crippen LogP contribution in [0.25, 0.3) is 22.3 Å². The molecule has 0 fully saturated rings. The maximum absolute atomic E-state index is 2.32. The van der Waals surface area contributed by atoms with Crippen molar-refractivity contribution in [3.05, 3.63) is 71.8 Å². The predicted molar refractivity (Wildman–Crippen MR) is 87.3 cm³/mol. The molecular formula is C20H20. The van der Waals surface area contributed by atoms with E-state index in [4.69, 9.17) is 0 Å². The first kappa shape index (κ1) is 12.9. The Morgan fingerprint density at radius 2 is 1.40 bits per heavy atom. The molecule has 0 aliphatic heterocycles. The molecule has 0 nitrogen and oxygen atoms in total. The molecule has 1 aromatic rings. The smallest absolute Gasteiger partial charge is 0.0105 e. The summed E-state index contributed by atoms with van der Waals surface area (Å²) in [6.07, 6.45) is 0. The Morgan fingerprint density at radius 1 is 0.700 bits per heavy atom. The van der Waals surface area contributed by atoms with Crippen molar-refractivity contribution in [2.75, 3.05) is 0 Å². The molecule has 0 amide bonds. The summed E-state index contributed by atoms with van der Waals surface area (Å²) in [4.78, 5) is 0. The molecule has 0 unspecified atom stereocenters. The zero-order valence-corrected chi connectivity index (χ0v) is 12.4. The van der Waals surface area contributed by atoms with E-state index >= 15 is 0 Å².